The van der Waals surface area contributed by atoms with Crippen molar-refractivity contribution in [1.82, 2.24) is 9.55 Å². The second-order valence-corrected chi connectivity index (χ2v) is 7.23. The van der Waals surface area contributed by atoms with Gasteiger partial charge in [-0.05, 0) is 60.9 Å². The van der Waals surface area contributed by atoms with Gasteiger partial charge in [0.1, 0.15) is 0 Å². The van der Waals surface area contributed by atoms with Crippen molar-refractivity contribution in [1.29, 1.82) is 0 Å². The average Bonchev–Trinajstić information content (AvgIpc) is 2.69. The van der Waals surface area contributed by atoms with Gasteiger partial charge in [0.2, 0.25) is 0 Å². The van der Waals surface area contributed by atoms with Crippen LogP contribution in [-0.2, 0) is 13.0 Å². The molecule has 1 aliphatic rings. The second-order valence-electron chi connectivity index (χ2n) is 7.23. The van der Waals surface area contributed by atoms with Crippen molar-refractivity contribution >= 4 is 0 Å². The minimum atomic E-state index is 0.165. The van der Waals surface area contributed by atoms with Gasteiger partial charge in [-0.1, -0.05) is 13.8 Å². The lowest BCUT2D eigenvalue weighted by molar-refractivity contribution is 0.276. The topological polar surface area (TPSA) is 43.8 Å². The highest BCUT2D eigenvalue weighted by Crippen LogP contribution is 2.41. The van der Waals surface area contributed by atoms with Crippen molar-refractivity contribution in [2.24, 2.45) is 11.1 Å². The van der Waals surface area contributed by atoms with Crippen molar-refractivity contribution in [2.45, 2.75) is 53.1 Å². The quantitative estimate of drug-likeness (QED) is 0.916. The van der Waals surface area contributed by atoms with E-state index in [4.69, 9.17) is 5.73 Å². The molecule has 112 valence electrons. The van der Waals surface area contributed by atoms with Crippen LogP contribution in [0.25, 0.3) is 0 Å². The molecule has 2 N–H and O–H groups in total. The van der Waals surface area contributed by atoms with Gasteiger partial charge in [-0.25, -0.2) is 0 Å². The Morgan fingerprint density at radius 1 is 1.38 bits per heavy atom. The molecule has 21 heavy (non-hydrogen) atoms. The van der Waals surface area contributed by atoms with E-state index >= 15 is 0 Å². The smallest absolute Gasteiger partial charge is 0.0493 e. The largest absolute Gasteiger partial charge is 0.344 e. The summed E-state index contributed by atoms with van der Waals surface area (Å²) in [4.78, 5) is 4.27. The predicted molar refractivity (Wildman–Crippen MR) is 86.3 cm³/mol. The molecule has 0 fully saturated rings. The number of hydrogen-bond donors (Lipinski definition) is 1. The molecule has 0 saturated heterocycles. The summed E-state index contributed by atoms with van der Waals surface area (Å²) in [7, 11) is 0. The van der Waals surface area contributed by atoms with Crippen molar-refractivity contribution in [3.05, 3.63) is 52.6 Å². The van der Waals surface area contributed by atoms with E-state index in [2.05, 4.69) is 49.4 Å². The SMILES string of the molecule is Cc1ccncc1Cn1c(C)cc2c1CC(C)(C)CC2N. The van der Waals surface area contributed by atoms with Crippen LogP contribution in [0.1, 0.15) is 54.4 Å². The van der Waals surface area contributed by atoms with E-state index < -0.39 is 0 Å². The Morgan fingerprint density at radius 3 is 2.86 bits per heavy atom. The van der Waals surface area contributed by atoms with Crippen molar-refractivity contribution in [2.75, 3.05) is 0 Å². The van der Waals surface area contributed by atoms with E-state index in [-0.39, 0.29) is 11.5 Å². The molecule has 1 atom stereocenters. The summed E-state index contributed by atoms with van der Waals surface area (Å²) < 4.78 is 2.43. The molecule has 0 aliphatic heterocycles. The lowest BCUT2D eigenvalue weighted by atomic mass is 9.74. The molecular weight excluding hydrogens is 258 g/mol. The molecule has 0 radical (unpaired) electrons. The summed E-state index contributed by atoms with van der Waals surface area (Å²) in [6, 6.07) is 4.52. The van der Waals surface area contributed by atoms with Gasteiger partial charge in [-0.15, -0.1) is 0 Å². The van der Waals surface area contributed by atoms with E-state index in [0.717, 1.165) is 19.4 Å². The van der Waals surface area contributed by atoms with Gasteiger partial charge in [0.05, 0.1) is 0 Å². The standard InChI is InChI=1S/C18H25N3/c1-12-5-6-20-10-14(12)11-21-13(2)7-15-16(19)8-18(3,4)9-17(15)21/h5-7,10,16H,8-9,11,19H2,1-4H3. The van der Waals surface area contributed by atoms with Crippen LogP contribution in [0.2, 0.25) is 0 Å². The maximum absolute atomic E-state index is 6.40. The molecule has 2 aromatic rings. The molecule has 3 heteroatoms. The highest BCUT2D eigenvalue weighted by atomic mass is 15.0. The highest BCUT2D eigenvalue weighted by molar-refractivity contribution is 5.35. The zero-order valence-corrected chi connectivity index (χ0v) is 13.5. The van der Waals surface area contributed by atoms with Gasteiger partial charge in [-0.2, -0.15) is 0 Å². The normalized spacial score (nSPS) is 20.3. The maximum atomic E-state index is 6.40. The summed E-state index contributed by atoms with van der Waals surface area (Å²) in [6.45, 7) is 9.86. The first-order chi connectivity index (χ1) is 9.87. The summed E-state index contributed by atoms with van der Waals surface area (Å²) in [5.74, 6) is 0. The molecule has 2 aromatic heterocycles. The van der Waals surface area contributed by atoms with E-state index in [1.54, 1.807) is 0 Å². The molecule has 3 rings (SSSR count). The Kier molecular flexibility index (Phi) is 3.40. The average molecular weight is 283 g/mol. The van der Waals surface area contributed by atoms with Gasteiger partial charge in [0.25, 0.3) is 0 Å². The van der Waals surface area contributed by atoms with E-state index in [0.29, 0.717) is 0 Å². The first kappa shape index (κ1) is 14.3. The Morgan fingerprint density at radius 2 is 2.14 bits per heavy atom. The molecule has 0 amide bonds. The van der Waals surface area contributed by atoms with Crippen LogP contribution >= 0.6 is 0 Å². The summed E-state index contributed by atoms with van der Waals surface area (Å²) in [5.41, 5.74) is 13.3. The minimum Gasteiger partial charge on any atom is -0.344 e. The molecule has 0 bridgehead atoms. The fourth-order valence-corrected chi connectivity index (χ4v) is 3.56. The Bertz CT molecular complexity index is 667. The zero-order valence-electron chi connectivity index (χ0n) is 13.5. The Labute approximate surface area is 127 Å². The van der Waals surface area contributed by atoms with Crippen molar-refractivity contribution in [3.8, 4) is 0 Å². The Hall–Kier alpha value is -1.61. The number of aryl methyl sites for hydroxylation is 2. The molecule has 0 saturated carbocycles. The third-order valence-electron chi connectivity index (χ3n) is 4.74. The van der Waals surface area contributed by atoms with Gasteiger partial charge in [0, 0.05) is 36.4 Å². The number of rotatable bonds is 2. The van der Waals surface area contributed by atoms with Crippen LogP contribution in [0, 0.1) is 19.3 Å². The molecule has 0 spiro atoms. The number of fused-ring (bicyclic) bond motifs is 1. The van der Waals surface area contributed by atoms with Gasteiger partial charge in [0.15, 0.2) is 0 Å². The lowest BCUT2D eigenvalue weighted by Crippen LogP contribution is -2.30. The molecule has 1 unspecified atom stereocenters. The predicted octanol–water partition coefficient (Wildman–Crippen LogP) is 3.52. The molecular formula is C18H25N3. The summed E-state index contributed by atoms with van der Waals surface area (Å²) in [6.07, 6.45) is 6.00. The van der Waals surface area contributed by atoms with Crippen molar-refractivity contribution < 1.29 is 0 Å². The van der Waals surface area contributed by atoms with Crippen LogP contribution < -0.4 is 5.73 Å². The fraction of sp³-hybridized carbons (Fsp3) is 0.500. The molecule has 3 nitrogen and oxygen atoms in total. The Balaban J connectivity index is 2.03. The van der Waals surface area contributed by atoms with Crippen LogP contribution in [0.5, 0.6) is 0 Å². The van der Waals surface area contributed by atoms with Crippen LogP contribution in [0.4, 0.5) is 0 Å². The van der Waals surface area contributed by atoms with Crippen molar-refractivity contribution in [3.63, 3.8) is 0 Å². The molecule has 0 aromatic carbocycles. The van der Waals surface area contributed by atoms with Gasteiger partial charge in [-0.3, -0.25) is 4.98 Å². The molecule has 1 aliphatic carbocycles. The van der Waals surface area contributed by atoms with Crippen LogP contribution in [-0.4, -0.2) is 9.55 Å². The first-order valence-corrected chi connectivity index (χ1v) is 7.71. The highest BCUT2D eigenvalue weighted by Gasteiger charge is 2.33. The number of nitrogens with zero attached hydrogens (tertiary/aromatic N) is 2. The van der Waals surface area contributed by atoms with Gasteiger partial charge < -0.3 is 10.3 Å². The first-order valence-electron chi connectivity index (χ1n) is 7.71. The second kappa shape index (κ2) is 4.99. The summed E-state index contributed by atoms with van der Waals surface area (Å²) in [5, 5.41) is 0. The van der Waals surface area contributed by atoms with Crippen LogP contribution in [0.3, 0.4) is 0 Å². The monoisotopic (exact) mass is 283 g/mol. The fourth-order valence-electron chi connectivity index (χ4n) is 3.56. The number of aromatic nitrogens is 2. The third kappa shape index (κ3) is 2.62. The number of pyridine rings is 1. The van der Waals surface area contributed by atoms with E-state index in [1.165, 1.54) is 28.1 Å². The van der Waals surface area contributed by atoms with Gasteiger partial charge >= 0.3 is 0 Å². The summed E-state index contributed by atoms with van der Waals surface area (Å²) >= 11 is 0. The van der Waals surface area contributed by atoms with Crippen LogP contribution in [0.15, 0.2) is 24.5 Å². The molecule has 2 heterocycles. The lowest BCUT2D eigenvalue weighted by Gasteiger charge is -2.34. The minimum absolute atomic E-state index is 0.165. The zero-order chi connectivity index (χ0) is 15.2. The maximum Gasteiger partial charge on any atom is 0.0493 e. The van der Waals surface area contributed by atoms with E-state index in [9.17, 15) is 0 Å². The third-order valence-corrected chi connectivity index (χ3v) is 4.74. The van der Waals surface area contributed by atoms with E-state index in [1.807, 2.05) is 12.4 Å². The number of nitrogens with two attached hydrogens (primary N) is 1. The number of hydrogen-bond acceptors (Lipinski definition) is 2.